The van der Waals surface area contributed by atoms with Gasteiger partial charge in [-0.25, -0.2) is 0 Å². The van der Waals surface area contributed by atoms with E-state index in [0.29, 0.717) is 19.4 Å². The van der Waals surface area contributed by atoms with Crippen LogP contribution in [0.3, 0.4) is 0 Å². The Balaban J connectivity index is 2.69. The Hall–Kier alpha value is -0.820. The van der Waals surface area contributed by atoms with Crippen molar-refractivity contribution in [2.75, 3.05) is 26.2 Å². The molecule has 1 amide bonds. The van der Waals surface area contributed by atoms with Gasteiger partial charge in [-0.05, 0) is 19.3 Å². The Morgan fingerprint density at radius 2 is 2.12 bits per heavy atom. The highest BCUT2D eigenvalue weighted by molar-refractivity contribution is 5.81. The first-order valence-corrected chi connectivity index (χ1v) is 5.63. The topological polar surface area (TPSA) is 52.6 Å². The number of hydrogen-bond donors (Lipinski definition) is 2. The van der Waals surface area contributed by atoms with Gasteiger partial charge < -0.3 is 10.4 Å². The smallest absolute Gasteiger partial charge is 0.395 e. The molecule has 1 atom stereocenters. The van der Waals surface area contributed by atoms with E-state index in [1.807, 2.05) is 0 Å². The van der Waals surface area contributed by atoms with Gasteiger partial charge in [0.2, 0.25) is 5.91 Å². The zero-order chi connectivity index (χ0) is 12.9. The molecule has 1 aliphatic rings. The van der Waals surface area contributed by atoms with Crippen LogP contribution in [-0.4, -0.2) is 54.4 Å². The van der Waals surface area contributed by atoms with Gasteiger partial charge in [0.25, 0.3) is 0 Å². The molecular weight excluding hydrogens is 237 g/mol. The summed E-state index contributed by atoms with van der Waals surface area (Å²) in [5.74, 6) is -0.375. The first-order chi connectivity index (χ1) is 7.94. The SMILES string of the molecule is O=C1NCCCCC1N(CCO)CC(F)(F)F. The molecule has 7 heteroatoms. The van der Waals surface area contributed by atoms with Gasteiger partial charge in [0.05, 0.1) is 19.2 Å². The molecule has 100 valence electrons. The number of carbonyl (C=O) groups is 1. The quantitative estimate of drug-likeness (QED) is 0.768. The van der Waals surface area contributed by atoms with Crippen LogP contribution in [0, 0.1) is 0 Å². The molecule has 0 spiro atoms. The lowest BCUT2D eigenvalue weighted by Gasteiger charge is -2.29. The highest BCUT2D eigenvalue weighted by Crippen LogP contribution is 2.20. The molecule has 0 radical (unpaired) electrons. The average Bonchev–Trinajstić information content (AvgIpc) is 2.40. The van der Waals surface area contributed by atoms with Crippen LogP contribution in [0.15, 0.2) is 0 Å². The Morgan fingerprint density at radius 3 is 2.71 bits per heavy atom. The van der Waals surface area contributed by atoms with Gasteiger partial charge in [0.1, 0.15) is 0 Å². The molecule has 1 fully saturated rings. The summed E-state index contributed by atoms with van der Waals surface area (Å²) in [6, 6.07) is -0.786. The number of hydrogen-bond acceptors (Lipinski definition) is 3. The van der Waals surface area contributed by atoms with Crippen LogP contribution < -0.4 is 5.32 Å². The largest absolute Gasteiger partial charge is 0.401 e. The third kappa shape index (κ3) is 4.91. The van der Waals surface area contributed by atoms with E-state index in [9.17, 15) is 18.0 Å². The van der Waals surface area contributed by atoms with Crippen LogP contribution >= 0.6 is 0 Å². The van der Waals surface area contributed by atoms with E-state index < -0.39 is 18.8 Å². The van der Waals surface area contributed by atoms with Crippen molar-refractivity contribution >= 4 is 5.91 Å². The second-order valence-corrected chi connectivity index (χ2v) is 4.11. The number of halogens is 3. The number of rotatable bonds is 4. The molecule has 1 aliphatic heterocycles. The second kappa shape index (κ2) is 6.20. The minimum atomic E-state index is -4.36. The molecule has 4 nitrogen and oxygen atoms in total. The van der Waals surface area contributed by atoms with Crippen molar-refractivity contribution in [1.82, 2.24) is 10.2 Å². The molecule has 0 aromatic carbocycles. The fraction of sp³-hybridized carbons (Fsp3) is 0.900. The highest BCUT2D eigenvalue weighted by Gasteiger charge is 2.36. The molecular formula is C10H17F3N2O2. The third-order valence-corrected chi connectivity index (χ3v) is 2.72. The predicted molar refractivity (Wildman–Crippen MR) is 55.4 cm³/mol. The summed E-state index contributed by atoms with van der Waals surface area (Å²) in [6.07, 6.45) is -2.46. The van der Waals surface area contributed by atoms with Gasteiger partial charge in [0.15, 0.2) is 0 Å². The number of carbonyl (C=O) groups excluding carboxylic acids is 1. The third-order valence-electron chi connectivity index (χ3n) is 2.72. The maximum atomic E-state index is 12.4. The summed E-state index contributed by atoms with van der Waals surface area (Å²) in [7, 11) is 0. The Kier molecular flexibility index (Phi) is 5.20. The van der Waals surface area contributed by atoms with E-state index in [4.69, 9.17) is 5.11 Å². The molecule has 0 aromatic rings. The van der Waals surface area contributed by atoms with E-state index in [1.54, 1.807) is 0 Å². The van der Waals surface area contributed by atoms with Crippen molar-refractivity contribution in [2.45, 2.75) is 31.5 Å². The lowest BCUT2D eigenvalue weighted by molar-refractivity contribution is -0.156. The number of nitrogens with one attached hydrogen (secondary N) is 1. The highest BCUT2D eigenvalue weighted by atomic mass is 19.4. The van der Waals surface area contributed by atoms with Gasteiger partial charge in [-0.2, -0.15) is 13.2 Å². The van der Waals surface area contributed by atoms with Crippen LogP contribution in [0.4, 0.5) is 13.2 Å². The number of aliphatic hydroxyl groups excluding tert-OH is 1. The van der Waals surface area contributed by atoms with E-state index in [1.165, 1.54) is 0 Å². The van der Waals surface area contributed by atoms with Gasteiger partial charge in [-0.3, -0.25) is 9.69 Å². The maximum absolute atomic E-state index is 12.4. The van der Waals surface area contributed by atoms with Crippen LogP contribution in [0.25, 0.3) is 0 Å². The number of aliphatic hydroxyl groups is 1. The van der Waals surface area contributed by atoms with Crippen LogP contribution in [-0.2, 0) is 4.79 Å². The number of amides is 1. The summed E-state index contributed by atoms with van der Waals surface area (Å²) in [4.78, 5) is 12.6. The molecule has 17 heavy (non-hydrogen) atoms. The zero-order valence-corrected chi connectivity index (χ0v) is 9.46. The van der Waals surface area contributed by atoms with Gasteiger partial charge in [-0.1, -0.05) is 0 Å². The van der Waals surface area contributed by atoms with Crippen molar-refractivity contribution in [3.63, 3.8) is 0 Å². The van der Waals surface area contributed by atoms with Gasteiger partial charge in [0, 0.05) is 13.1 Å². The van der Waals surface area contributed by atoms with Crippen LogP contribution in [0.1, 0.15) is 19.3 Å². The fourth-order valence-electron chi connectivity index (χ4n) is 1.98. The Morgan fingerprint density at radius 1 is 1.41 bits per heavy atom. The van der Waals surface area contributed by atoms with E-state index >= 15 is 0 Å². The van der Waals surface area contributed by atoms with Crippen LogP contribution in [0.2, 0.25) is 0 Å². The van der Waals surface area contributed by atoms with Crippen molar-refractivity contribution < 1.29 is 23.1 Å². The molecule has 1 rings (SSSR count). The molecule has 1 saturated heterocycles. The normalized spacial score (nSPS) is 22.4. The Bertz CT molecular complexity index is 258. The summed E-state index contributed by atoms with van der Waals surface area (Å²) in [5, 5.41) is 11.4. The standard InChI is InChI=1S/C10H17F3N2O2/c11-10(12,13)7-15(5-6-16)8-3-1-2-4-14-9(8)17/h8,16H,1-7H2,(H,14,17). The fourth-order valence-corrected chi connectivity index (χ4v) is 1.98. The number of alkyl halides is 3. The predicted octanol–water partition coefficient (Wildman–Crippen LogP) is 0.512. The summed E-state index contributed by atoms with van der Waals surface area (Å²) in [6.45, 7) is -1.18. The molecule has 1 heterocycles. The van der Waals surface area contributed by atoms with Crippen molar-refractivity contribution in [1.29, 1.82) is 0 Å². The second-order valence-electron chi connectivity index (χ2n) is 4.11. The molecule has 0 aliphatic carbocycles. The molecule has 0 aromatic heterocycles. The van der Waals surface area contributed by atoms with Crippen molar-refractivity contribution in [3.05, 3.63) is 0 Å². The van der Waals surface area contributed by atoms with Gasteiger partial charge >= 0.3 is 6.18 Å². The monoisotopic (exact) mass is 254 g/mol. The summed E-state index contributed by atoms with van der Waals surface area (Å²) >= 11 is 0. The lowest BCUT2D eigenvalue weighted by atomic mass is 10.1. The van der Waals surface area contributed by atoms with E-state index in [0.717, 1.165) is 11.3 Å². The molecule has 0 saturated carbocycles. The molecule has 1 unspecified atom stereocenters. The zero-order valence-electron chi connectivity index (χ0n) is 9.46. The van der Waals surface area contributed by atoms with Crippen LogP contribution in [0.5, 0.6) is 0 Å². The van der Waals surface area contributed by atoms with E-state index in [-0.39, 0.29) is 19.1 Å². The molecule has 0 bridgehead atoms. The lowest BCUT2D eigenvalue weighted by Crippen LogP contribution is -2.50. The first kappa shape index (κ1) is 14.2. The first-order valence-electron chi connectivity index (χ1n) is 5.63. The van der Waals surface area contributed by atoms with Gasteiger partial charge in [-0.15, -0.1) is 0 Å². The Labute approximate surface area is 97.8 Å². The van der Waals surface area contributed by atoms with E-state index in [2.05, 4.69) is 5.32 Å². The summed E-state index contributed by atoms with van der Waals surface area (Å²) < 4.78 is 37.1. The minimum absolute atomic E-state index is 0.141. The number of nitrogens with zero attached hydrogens (tertiary/aromatic N) is 1. The summed E-state index contributed by atoms with van der Waals surface area (Å²) in [5.41, 5.74) is 0. The van der Waals surface area contributed by atoms with Crippen molar-refractivity contribution in [2.24, 2.45) is 0 Å². The minimum Gasteiger partial charge on any atom is -0.395 e. The average molecular weight is 254 g/mol. The molecule has 2 N–H and O–H groups in total. The van der Waals surface area contributed by atoms with Crippen molar-refractivity contribution in [3.8, 4) is 0 Å². The maximum Gasteiger partial charge on any atom is 0.401 e.